The summed E-state index contributed by atoms with van der Waals surface area (Å²) < 4.78 is 4.79. The van der Waals surface area contributed by atoms with Crippen molar-refractivity contribution in [1.82, 2.24) is 16.0 Å². The number of amides is 3. The van der Waals surface area contributed by atoms with E-state index in [4.69, 9.17) is 16.2 Å². The molecule has 0 rings (SSSR count). The minimum atomic E-state index is -1.18. The van der Waals surface area contributed by atoms with E-state index in [0.29, 0.717) is 45.2 Å². The Hall–Kier alpha value is -2.24. The SMILES string of the molecule is COC(=O)[C@H](CC(C)C)NC(=O)[C@H](CCCCN)NC(=O)[C@H](CO)NC(=O)CCCCCCCCN. The first-order chi connectivity index (χ1) is 17.2. The third-order valence-corrected chi connectivity index (χ3v) is 5.78. The zero-order valence-electron chi connectivity index (χ0n) is 22.4. The molecule has 210 valence electrons. The highest BCUT2D eigenvalue weighted by atomic mass is 16.5. The third kappa shape index (κ3) is 15.7. The van der Waals surface area contributed by atoms with Gasteiger partial charge in [-0.1, -0.05) is 39.5 Å². The molecule has 0 aliphatic carbocycles. The molecule has 0 aromatic rings. The van der Waals surface area contributed by atoms with Crippen molar-refractivity contribution in [2.24, 2.45) is 17.4 Å². The zero-order valence-corrected chi connectivity index (χ0v) is 22.4. The van der Waals surface area contributed by atoms with Gasteiger partial charge in [0, 0.05) is 6.42 Å². The number of carbonyl (C=O) groups is 4. The van der Waals surface area contributed by atoms with E-state index in [-0.39, 0.29) is 18.2 Å². The van der Waals surface area contributed by atoms with Gasteiger partial charge in [0.05, 0.1) is 13.7 Å². The van der Waals surface area contributed by atoms with Crippen LogP contribution in [0.5, 0.6) is 0 Å². The summed E-state index contributed by atoms with van der Waals surface area (Å²) in [6.45, 7) is 4.35. The number of hydrogen-bond donors (Lipinski definition) is 6. The quantitative estimate of drug-likeness (QED) is 0.0940. The lowest BCUT2D eigenvalue weighted by molar-refractivity contribution is -0.146. The molecule has 8 N–H and O–H groups in total. The van der Waals surface area contributed by atoms with Crippen molar-refractivity contribution in [3.8, 4) is 0 Å². The Balaban J connectivity index is 4.97. The van der Waals surface area contributed by atoms with Crippen molar-refractivity contribution in [3.05, 3.63) is 0 Å². The van der Waals surface area contributed by atoms with Crippen LogP contribution in [0.3, 0.4) is 0 Å². The number of carbonyl (C=O) groups excluding carboxylic acids is 4. The summed E-state index contributed by atoms with van der Waals surface area (Å²) in [5.74, 6) is -1.98. The van der Waals surface area contributed by atoms with Gasteiger partial charge in [-0.15, -0.1) is 0 Å². The number of nitrogens with one attached hydrogen (secondary N) is 3. The van der Waals surface area contributed by atoms with Gasteiger partial charge in [0.1, 0.15) is 18.1 Å². The van der Waals surface area contributed by atoms with Gasteiger partial charge in [-0.3, -0.25) is 14.4 Å². The summed E-state index contributed by atoms with van der Waals surface area (Å²) in [7, 11) is 1.25. The summed E-state index contributed by atoms with van der Waals surface area (Å²) in [5.41, 5.74) is 11.0. The molecule has 0 saturated heterocycles. The number of nitrogens with two attached hydrogens (primary N) is 2. The number of rotatable bonds is 21. The topological polar surface area (TPSA) is 186 Å². The van der Waals surface area contributed by atoms with Crippen LogP contribution in [0.25, 0.3) is 0 Å². The van der Waals surface area contributed by atoms with E-state index < -0.39 is 42.5 Å². The van der Waals surface area contributed by atoms with Crippen LogP contribution in [-0.4, -0.2) is 73.7 Å². The maximum absolute atomic E-state index is 13.0. The molecule has 0 radical (unpaired) electrons. The van der Waals surface area contributed by atoms with Crippen LogP contribution >= 0.6 is 0 Å². The third-order valence-electron chi connectivity index (χ3n) is 5.78. The Kier molecular flexibility index (Phi) is 19.6. The van der Waals surface area contributed by atoms with Gasteiger partial charge < -0.3 is 37.3 Å². The summed E-state index contributed by atoms with van der Waals surface area (Å²) in [5, 5.41) is 17.5. The first-order valence-corrected chi connectivity index (χ1v) is 13.2. The smallest absolute Gasteiger partial charge is 0.328 e. The van der Waals surface area contributed by atoms with Crippen LogP contribution in [0.2, 0.25) is 0 Å². The lowest BCUT2D eigenvalue weighted by atomic mass is 10.0. The molecule has 0 aromatic heterocycles. The molecule has 0 aromatic carbocycles. The molecule has 0 bridgehead atoms. The standard InChI is InChI=1S/C25H49N5O6/c1-18(2)16-20(25(35)36-3)30-23(33)19(12-9-11-15-27)29-24(34)21(17-31)28-22(32)13-8-6-4-5-7-10-14-26/h18-21,31H,4-17,26-27H2,1-3H3,(H,28,32)(H,29,34)(H,30,33)/t19-,20-,21-/m0/s1. The fourth-order valence-electron chi connectivity index (χ4n) is 3.73. The molecule has 0 aliphatic rings. The average Bonchev–Trinajstić information content (AvgIpc) is 2.84. The minimum absolute atomic E-state index is 0.125. The molecule has 11 nitrogen and oxygen atoms in total. The number of ether oxygens (including phenoxy) is 1. The van der Waals surface area contributed by atoms with E-state index >= 15 is 0 Å². The van der Waals surface area contributed by atoms with Crippen LogP contribution in [0, 0.1) is 5.92 Å². The largest absolute Gasteiger partial charge is 0.467 e. The number of esters is 1. The molecular formula is C25H49N5O6. The average molecular weight is 516 g/mol. The number of methoxy groups -OCH3 is 1. The van der Waals surface area contributed by atoms with E-state index in [1.165, 1.54) is 7.11 Å². The highest BCUT2D eigenvalue weighted by molar-refractivity contribution is 5.93. The molecular weight excluding hydrogens is 466 g/mol. The number of aliphatic hydroxyl groups is 1. The van der Waals surface area contributed by atoms with E-state index in [9.17, 15) is 24.3 Å². The minimum Gasteiger partial charge on any atom is -0.467 e. The van der Waals surface area contributed by atoms with E-state index in [0.717, 1.165) is 32.1 Å². The van der Waals surface area contributed by atoms with Crippen molar-refractivity contribution in [3.63, 3.8) is 0 Å². The molecule has 0 unspecified atom stereocenters. The maximum atomic E-state index is 13.0. The van der Waals surface area contributed by atoms with E-state index in [2.05, 4.69) is 16.0 Å². The van der Waals surface area contributed by atoms with Crippen LogP contribution < -0.4 is 27.4 Å². The summed E-state index contributed by atoms with van der Waals surface area (Å²) in [6.07, 6.45) is 7.89. The lowest BCUT2D eigenvalue weighted by Crippen LogP contribution is -2.56. The Morgan fingerprint density at radius 2 is 1.28 bits per heavy atom. The summed E-state index contributed by atoms with van der Waals surface area (Å²) in [6, 6.07) is -2.98. The second-order valence-corrected chi connectivity index (χ2v) is 9.52. The monoisotopic (exact) mass is 515 g/mol. The van der Waals surface area contributed by atoms with Gasteiger partial charge >= 0.3 is 5.97 Å². The molecule has 0 aliphatic heterocycles. The highest BCUT2D eigenvalue weighted by Crippen LogP contribution is 2.09. The van der Waals surface area contributed by atoms with Crippen LogP contribution in [0.1, 0.15) is 84.5 Å². The van der Waals surface area contributed by atoms with Crippen molar-refractivity contribution in [2.45, 2.75) is 103 Å². The normalized spacial score (nSPS) is 13.5. The Bertz CT molecular complexity index is 646. The Labute approximate surface area is 215 Å². The van der Waals surface area contributed by atoms with Gasteiger partial charge in [-0.2, -0.15) is 0 Å². The van der Waals surface area contributed by atoms with Gasteiger partial charge in [0.2, 0.25) is 17.7 Å². The fraction of sp³-hybridized carbons (Fsp3) is 0.840. The molecule has 0 saturated carbocycles. The number of unbranched alkanes of at least 4 members (excludes halogenated alkanes) is 6. The van der Waals surface area contributed by atoms with Gasteiger partial charge in [0.25, 0.3) is 0 Å². The summed E-state index contributed by atoms with van der Waals surface area (Å²) >= 11 is 0. The second kappa shape index (κ2) is 20.9. The predicted octanol–water partition coefficient (Wildman–Crippen LogP) is 0.471. The van der Waals surface area contributed by atoms with Crippen molar-refractivity contribution < 1.29 is 29.0 Å². The number of hydrogen-bond acceptors (Lipinski definition) is 8. The molecule has 0 spiro atoms. The molecule has 3 amide bonds. The summed E-state index contributed by atoms with van der Waals surface area (Å²) in [4.78, 5) is 50.1. The molecule has 0 heterocycles. The highest BCUT2D eigenvalue weighted by Gasteiger charge is 2.29. The van der Waals surface area contributed by atoms with Gasteiger partial charge in [-0.05, 0) is 57.5 Å². The van der Waals surface area contributed by atoms with Crippen LogP contribution in [-0.2, 0) is 23.9 Å². The van der Waals surface area contributed by atoms with Crippen molar-refractivity contribution >= 4 is 23.7 Å². The van der Waals surface area contributed by atoms with Crippen molar-refractivity contribution in [1.29, 1.82) is 0 Å². The van der Waals surface area contributed by atoms with E-state index in [1.54, 1.807) is 0 Å². The van der Waals surface area contributed by atoms with Crippen LogP contribution in [0.4, 0.5) is 0 Å². The Morgan fingerprint density at radius 3 is 1.83 bits per heavy atom. The maximum Gasteiger partial charge on any atom is 0.328 e. The molecule has 11 heteroatoms. The zero-order chi connectivity index (χ0) is 27.3. The molecule has 0 fully saturated rings. The van der Waals surface area contributed by atoms with Gasteiger partial charge in [0.15, 0.2) is 0 Å². The molecule has 36 heavy (non-hydrogen) atoms. The Morgan fingerprint density at radius 1 is 0.750 bits per heavy atom. The lowest BCUT2D eigenvalue weighted by Gasteiger charge is -2.25. The number of aliphatic hydroxyl groups excluding tert-OH is 1. The van der Waals surface area contributed by atoms with Crippen LogP contribution in [0.15, 0.2) is 0 Å². The van der Waals surface area contributed by atoms with E-state index in [1.807, 2.05) is 13.8 Å². The van der Waals surface area contributed by atoms with Gasteiger partial charge in [-0.25, -0.2) is 4.79 Å². The first-order valence-electron chi connectivity index (χ1n) is 13.2. The first kappa shape index (κ1) is 33.8. The molecule has 3 atom stereocenters. The van der Waals surface area contributed by atoms with Crippen molar-refractivity contribution in [2.75, 3.05) is 26.8 Å². The predicted molar refractivity (Wildman–Crippen MR) is 139 cm³/mol. The fourth-order valence-corrected chi connectivity index (χ4v) is 3.73. The second-order valence-electron chi connectivity index (χ2n) is 9.52.